The van der Waals surface area contributed by atoms with E-state index < -0.39 is 6.10 Å². The molecular weight excluding hydrogens is 310 g/mol. The predicted octanol–water partition coefficient (Wildman–Crippen LogP) is 5.18. The third kappa shape index (κ3) is 4.49. The van der Waals surface area contributed by atoms with E-state index >= 15 is 0 Å². The number of ether oxygens (including phenoxy) is 1. The van der Waals surface area contributed by atoms with Crippen molar-refractivity contribution >= 4 is 23.2 Å². The lowest BCUT2D eigenvalue weighted by Crippen LogP contribution is -2.30. The van der Waals surface area contributed by atoms with E-state index in [1.807, 2.05) is 31.2 Å². The van der Waals surface area contributed by atoms with Gasteiger partial charge in [-0.1, -0.05) is 49.7 Å². The van der Waals surface area contributed by atoms with E-state index in [2.05, 4.69) is 25.2 Å². The van der Waals surface area contributed by atoms with Crippen molar-refractivity contribution in [3.63, 3.8) is 0 Å². The molecule has 0 aliphatic rings. The number of para-hydroxylation sites is 1. The Bertz CT molecular complexity index is 698. The van der Waals surface area contributed by atoms with E-state index in [0.29, 0.717) is 16.6 Å². The van der Waals surface area contributed by atoms with E-state index in [1.54, 1.807) is 19.1 Å². The molecule has 0 saturated heterocycles. The van der Waals surface area contributed by atoms with E-state index in [4.69, 9.17) is 16.3 Å². The molecule has 3 nitrogen and oxygen atoms in total. The van der Waals surface area contributed by atoms with Crippen LogP contribution in [0.25, 0.3) is 0 Å². The van der Waals surface area contributed by atoms with E-state index in [1.165, 1.54) is 0 Å². The number of carbonyl (C=O) groups excluding carboxylic acids is 1. The lowest BCUT2D eigenvalue weighted by atomic mass is 10.0. The van der Waals surface area contributed by atoms with Crippen LogP contribution in [0.15, 0.2) is 42.5 Å². The van der Waals surface area contributed by atoms with Gasteiger partial charge in [-0.05, 0) is 49.1 Å². The smallest absolute Gasteiger partial charge is 0.265 e. The normalized spacial score (nSPS) is 12.1. The predicted molar refractivity (Wildman–Crippen MR) is 95.4 cm³/mol. The Kier molecular flexibility index (Phi) is 5.67. The maximum absolute atomic E-state index is 12.3. The number of amides is 1. The Morgan fingerprint density at radius 1 is 1.13 bits per heavy atom. The Hall–Kier alpha value is -2.00. The van der Waals surface area contributed by atoms with Crippen molar-refractivity contribution in [3.05, 3.63) is 58.6 Å². The van der Waals surface area contributed by atoms with Crippen molar-refractivity contribution in [1.82, 2.24) is 0 Å². The van der Waals surface area contributed by atoms with Gasteiger partial charge < -0.3 is 10.1 Å². The maximum Gasteiger partial charge on any atom is 0.265 e. The summed E-state index contributed by atoms with van der Waals surface area (Å²) in [5.74, 6) is 0.848. The third-order valence-electron chi connectivity index (χ3n) is 3.60. The highest BCUT2D eigenvalue weighted by Gasteiger charge is 2.18. The van der Waals surface area contributed by atoms with E-state index in [9.17, 15) is 4.79 Å². The minimum Gasteiger partial charge on any atom is -0.481 e. The molecule has 4 heteroatoms. The first-order valence-electron chi connectivity index (χ1n) is 7.71. The fourth-order valence-corrected chi connectivity index (χ4v) is 2.44. The molecule has 2 rings (SSSR count). The van der Waals surface area contributed by atoms with Crippen molar-refractivity contribution in [2.24, 2.45) is 0 Å². The van der Waals surface area contributed by atoms with Gasteiger partial charge in [-0.2, -0.15) is 0 Å². The van der Waals surface area contributed by atoms with Crippen molar-refractivity contribution in [2.45, 2.75) is 39.7 Å². The number of aryl methyl sites for hydroxylation is 1. The van der Waals surface area contributed by atoms with E-state index in [-0.39, 0.29) is 5.91 Å². The molecular formula is C19H22ClNO2. The lowest BCUT2D eigenvalue weighted by molar-refractivity contribution is -0.122. The number of hydrogen-bond acceptors (Lipinski definition) is 2. The monoisotopic (exact) mass is 331 g/mol. The summed E-state index contributed by atoms with van der Waals surface area (Å²) in [5, 5.41) is 3.30. The second kappa shape index (κ2) is 7.51. The summed E-state index contributed by atoms with van der Waals surface area (Å²) in [6, 6.07) is 13.2. The maximum atomic E-state index is 12.3. The quantitative estimate of drug-likeness (QED) is 0.820. The van der Waals surface area contributed by atoms with Crippen molar-refractivity contribution in [3.8, 4) is 5.75 Å². The molecule has 1 atom stereocenters. The third-order valence-corrected chi connectivity index (χ3v) is 3.93. The van der Waals surface area contributed by atoms with Crippen LogP contribution >= 0.6 is 11.6 Å². The van der Waals surface area contributed by atoms with Gasteiger partial charge in [0.2, 0.25) is 0 Å². The topological polar surface area (TPSA) is 38.3 Å². The molecule has 122 valence electrons. The minimum absolute atomic E-state index is 0.227. The lowest BCUT2D eigenvalue weighted by Gasteiger charge is -2.19. The average molecular weight is 332 g/mol. The number of carbonyl (C=O) groups is 1. The van der Waals surface area contributed by atoms with Crippen LogP contribution in [-0.2, 0) is 4.79 Å². The summed E-state index contributed by atoms with van der Waals surface area (Å²) in [6.45, 7) is 7.95. The SMILES string of the molecule is Cc1ccc(C(C)C)c(OC(C)C(=O)Nc2ccccc2Cl)c1. The van der Waals surface area contributed by atoms with Crippen LogP contribution in [0.4, 0.5) is 5.69 Å². The molecule has 1 unspecified atom stereocenters. The summed E-state index contributed by atoms with van der Waals surface area (Å²) in [7, 11) is 0. The van der Waals surface area contributed by atoms with Crippen molar-refractivity contribution < 1.29 is 9.53 Å². The molecule has 0 radical (unpaired) electrons. The summed E-state index contributed by atoms with van der Waals surface area (Å²) in [6.07, 6.45) is -0.620. The largest absolute Gasteiger partial charge is 0.481 e. The van der Waals surface area contributed by atoms with Gasteiger partial charge >= 0.3 is 0 Å². The first-order chi connectivity index (χ1) is 10.9. The first-order valence-corrected chi connectivity index (χ1v) is 8.09. The molecule has 0 bridgehead atoms. The Morgan fingerprint density at radius 2 is 1.83 bits per heavy atom. The number of benzene rings is 2. The van der Waals surface area contributed by atoms with Crippen LogP contribution in [0.5, 0.6) is 5.75 Å². The Labute approximate surface area is 142 Å². The second-order valence-corrected chi connectivity index (χ2v) is 6.33. The van der Waals surface area contributed by atoms with Gasteiger partial charge in [0, 0.05) is 0 Å². The van der Waals surface area contributed by atoms with Gasteiger partial charge in [0.1, 0.15) is 5.75 Å². The second-order valence-electron chi connectivity index (χ2n) is 5.93. The van der Waals surface area contributed by atoms with Gasteiger partial charge in [-0.15, -0.1) is 0 Å². The molecule has 0 spiro atoms. The number of hydrogen-bond donors (Lipinski definition) is 1. The number of halogens is 1. The van der Waals surface area contributed by atoms with Gasteiger partial charge in [0.15, 0.2) is 6.10 Å². The molecule has 0 aromatic heterocycles. The van der Waals surface area contributed by atoms with Gasteiger partial charge in [0.05, 0.1) is 10.7 Å². The van der Waals surface area contributed by atoms with Gasteiger partial charge in [-0.25, -0.2) is 0 Å². The molecule has 2 aromatic rings. The zero-order valence-corrected chi connectivity index (χ0v) is 14.6. The van der Waals surface area contributed by atoms with Gasteiger partial charge in [-0.3, -0.25) is 4.79 Å². The molecule has 0 fully saturated rings. The van der Waals surface area contributed by atoms with Crippen LogP contribution in [0, 0.1) is 6.92 Å². The molecule has 2 aromatic carbocycles. The number of rotatable bonds is 5. The zero-order chi connectivity index (χ0) is 17.0. The minimum atomic E-state index is -0.620. The fraction of sp³-hybridized carbons (Fsp3) is 0.316. The first kappa shape index (κ1) is 17.4. The number of anilines is 1. The molecule has 0 aliphatic carbocycles. The number of nitrogens with one attached hydrogen (secondary N) is 1. The summed E-state index contributed by atoms with van der Waals surface area (Å²) in [4.78, 5) is 12.3. The van der Waals surface area contributed by atoms with Crippen molar-refractivity contribution in [1.29, 1.82) is 0 Å². The summed E-state index contributed by atoms with van der Waals surface area (Å²) < 4.78 is 5.91. The van der Waals surface area contributed by atoms with Crippen LogP contribution in [0.2, 0.25) is 5.02 Å². The molecule has 0 heterocycles. The highest BCUT2D eigenvalue weighted by Crippen LogP contribution is 2.28. The fourth-order valence-electron chi connectivity index (χ4n) is 2.26. The van der Waals surface area contributed by atoms with Gasteiger partial charge in [0.25, 0.3) is 5.91 Å². The zero-order valence-electron chi connectivity index (χ0n) is 13.9. The highest BCUT2D eigenvalue weighted by molar-refractivity contribution is 6.33. The Morgan fingerprint density at radius 3 is 2.48 bits per heavy atom. The molecule has 23 heavy (non-hydrogen) atoms. The molecule has 1 amide bonds. The van der Waals surface area contributed by atoms with Crippen LogP contribution in [0.1, 0.15) is 37.8 Å². The Balaban J connectivity index is 2.13. The summed E-state index contributed by atoms with van der Waals surface area (Å²) >= 11 is 6.07. The van der Waals surface area contributed by atoms with E-state index in [0.717, 1.165) is 16.9 Å². The molecule has 0 aliphatic heterocycles. The average Bonchev–Trinajstić information content (AvgIpc) is 2.49. The van der Waals surface area contributed by atoms with Crippen LogP contribution in [-0.4, -0.2) is 12.0 Å². The molecule has 1 N–H and O–H groups in total. The summed E-state index contributed by atoms with van der Waals surface area (Å²) in [5.41, 5.74) is 2.78. The van der Waals surface area contributed by atoms with Crippen LogP contribution < -0.4 is 10.1 Å². The van der Waals surface area contributed by atoms with Crippen LogP contribution in [0.3, 0.4) is 0 Å². The molecule has 0 saturated carbocycles. The standard InChI is InChI=1S/C19H22ClNO2/c1-12(2)15-10-9-13(3)11-18(15)23-14(4)19(22)21-17-8-6-5-7-16(17)20/h5-12,14H,1-4H3,(H,21,22). The van der Waals surface area contributed by atoms with Crippen molar-refractivity contribution in [2.75, 3.05) is 5.32 Å². The highest BCUT2D eigenvalue weighted by atomic mass is 35.5.